The van der Waals surface area contributed by atoms with Gasteiger partial charge in [-0.1, -0.05) is 42.5 Å². The molecule has 3 unspecified atom stereocenters. The zero-order chi connectivity index (χ0) is 17.8. The highest BCUT2D eigenvalue weighted by molar-refractivity contribution is 7.98. The summed E-state index contributed by atoms with van der Waals surface area (Å²) in [7, 11) is 1.84. The number of fused-ring (bicyclic) bond motifs is 3. The topological polar surface area (TPSA) is 45.7 Å². The lowest BCUT2D eigenvalue weighted by Gasteiger charge is -2.22. The van der Waals surface area contributed by atoms with Gasteiger partial charge in [-0.15, -0.1) is 0 Å². The standard InChI is InChI=1S/C21H27N3OS/c1-22-21(24-19-13-17-9-10-20(19)25-17)23-11-12-26-14-16-7-4-6-15-5-2-3-8-18(15)16/h2-8,17,19-20H,9-14H2,1H3,(H2,22,23,24). The van der Waals surface area contributed by atoms with Crippen molar-refractivity contribution < 1.29 is 4.74 Å². The Balaban J connectivity index is 1.21. The van der Waals surface area contributed by atoms with E-state index in [1.165, 1.54) is 29.2 Å². The van der Waals surface area contributed by atoms with Gasteiger partial charge in [0.1, 0.15) is 0 Å². The van der Waals surface area contributed by atoms with Crippen LogP contribution in [0.1, 0.15) is 24.8 Å². The van der Waals surface area contributed by atoms with Crippen molar-refractivity contribution in [2.45, 2.75) is 43.3 Å². The zero-order valence-electron chi connectivity index (χ0n) is 15.3. The maximum atomic E-state index is 5.91. The first kappa shape index (κ1) is 17.7. The van der Waals surface area contributed by atoms with Crippen molar-refractivity contribution in [2.75, 3.05) is 19.3 Å². The SMILES string of the molecule is CN=C(NCCSCc1cccc2ccccc12)NC1CC2CCC1O2. The highest BCUT2D eigenvalue weighted by atomic mass is 32.2. The summed E-state index contributed by atoms with van der Waals surface area (Å²) in [5.74, 6) is 2.99. The summed E-state index contributed by atoms with van der Waals surface area (Å²) in [6.45, 7) is 0.913. The number of aliphatic imine (C=N–C) groups is 1. The van der Waals surface area contributed by atoms with Crippen molar-refractivity contribution in [1.29, 1.82) is 0 Å². The van der Waals surface area contributed by atoms with Gasteiger partial charge in [-0.25, -0.2) is 0 Å². The molecule has 3 atom stereocenters. The number of nitrogens with one attached hydrogen (secondary N) is 2. The average Bonchev–Trinajstić information content (AvgIpc) is 3.30. The monoisotopic (exact) mass is 369 g/mol. The van der Waals surface area contributed by atoms with Crippen molar-refractivity contribution in [2.24, 2.45) is 4.99 Å². The minimum absolute atomic E-state index is 0.374. The van der Waals surface area contributed by atoms with E-state index in [2.05, 4.69) is 58.1 Å². The van der Waals surface area contributed by atoms with E-state index in [1.54, 1.807) is 0 Å². The van der Waals surface area contributed by atoms with E-state index in [-0.39, 0.29) is 0 Å². The van der Waals surface area contributed by atoms with Crippen LogP contribution in [-0.2, 0) is 10.5 Å². The highest BCUT2D eigenvalue weighted by Gasteiger charge is 2.41. The molecule has 2 N–H and O–H groups in total. The van der Waals surface area contributed by atoms with E-state index < -0.39 is 0 Å². The van der Waals surface area contributed by atoms with Crippen LogP contribution >= 0.6 is 11.8 Å². The summed E-state index contributed by atoms with van der Waals surface area (Å²) in [6, 6.07) is 15.6. The van der Waals surface area contributed by atoms with Crippen LogP contribution < -0.4 is 10.6 Å². The zero-order valence-corrected chi connectivity index (χ0v) is 16.1. The molecule has 2 aromatic rings. The molecule has 0 radical (unpaired) electrons. The molecule has 0 spiro atoms. The number of rotatable bonds is 6. The molecule has 2 fully saturated rings. The molecule has 2 heterocycles. The van der Waals surface area contributed by atoms with Crippen LogP contribution in [0.2, 0.25) is 0 Å². The summed E-state index contributed by atoms with van der Waals surface area (Å²) in [5.41, 5.74) is 1.41. The molecular formula is C21H27N3OS. The van der Waals surface area contributed by atoms with Gasteiger partial charge in [0.15, 0.2) is 5.96 Å². The van der Waals surface area contributed by atoms with E-state index in [0.717, 1.165) is 30.4 Å². The average molecular weight is 370 g/mol. The lowest BCUT2D eigenvalue weighted by atomic mass is 9.96. The second kappa shape index (κ2) is 8.31. The summed E-state index contributed by atoms with van der Waals surface area (Å²) >= 11 is 1.96. The van der Waals surface area contributed by atoms with Gasteiger partial charge in [-0.3, -0.25) is 4.99 Å². The molecule has 0 saturated carbocycles. The third-order valence-corrected chi connectivity index (χ3v) is 6.34. The van der Waals surface area contributed by atoms with Gasteiger partial charge in [0.05, 0.1) is 18.2 Å². The summed E-state index contributed by atoms with van der Waals surface area (Å²) in [6.07, 6.45) is 4.35. The van der Waals surface area contributed by atoms with Crippen molar-refractivity contribution in [3.63, 3.8) is 0 Å². The molecule has 138 valence electrons. The largest absolute Gasteiger partial charge is 0.373 e. The van der Waals surface area contributed by atoms with Crippen LogP contribution in [-0.4, -0.2) is 43.6 Å². The van der Waals surface area contributed by atoms with Gasteiger partial charge < -0.3 is 15.4 Å². The minimum atomic E-state index is 0.374. The minimum Gasteiger partial charge on any atom is -0.373 e. The van der Waals surface area contributed by atoms with Crippen molar-refractivity contribution in [1.82, 2.24) is 10.6 Å². The number of hydrogen-bond acceptors (Lipinski definition) is 3. The third kappa shape index (κ3) is 3.99. The molecule has 2 aromatic carbocycles. The fourth-order valence-electron chi connectivity index (χ4n) is 4.00. The van der Waals surface area contributed by atoms with Crippen molar-refractivity contribution >= 4 is 28.5 Å². The van der Waals surface area contributed by atoms with E-state index >= 15 is 0 Å². The Labute approximate surface area is 159 Å². The maximum Gasteiger partial charge on any atom is 0.191 e. The third-order valence-electron chi connectivity index (χ3n) is 5.33. The summed E-state index contributed by atoms with van der Waals surface area (Å²) < 4.78 is 5.91. The Hall–Kier alpha value is -1.72. The van der Waals surface area contributed by atoms with Crippen LogP contribution in [0.3, 0.4) is 0 Å². The first-order valence-corrected chi connectivity index (χ1v) is 10.7. The van der Waals surface area contributed by atoms with Crippen LogP contribution in [0.15, 0.2) is 47.5 Å². The van der Waals surface area contributed by atoms with Gasteiger partial charge in [-0.05, 0) is 35.6 Å². The van der Waals surface area contributed by atoms with Gasteiger partial charge in [0, 0.05) is 25.1 Å². The summed E-state index contributed by atoms with van der Waals surface area (Å²) in [4.78, 5) is 4.36. The number of benzene rings is 2. The van der Waals surface area contributed by atoms with E-state index in [1.807, 2.05) is 18.8 Å². The first-order valence-electron chi connectivity index (χ1n) is 9.50. The Kier molecular flexibility index (Phi) is 5.65. The second-order valence-corrected chi connectivity index (χ2v) is 8.16. The molecule has 2 aliphatic heterocycles. The molecule has 2 bridgehead atoms. The number of guanidine groups is 1. The maximum absolute atomic E-state index is 5.91. The predicted molar refractivity (Wildman–Crippen MR) is 111 cm³/mol. The molecule has 0 amide bonds. The molecule has 4 rings (SSSR count). The van der Waals surface area contributed by atoms with Crippen LogP contribution in [0, 0.1) is 0 Å². The number of thioether (sulfide) groups is 1. The van der Waals surface area contributed by atoms with Crippen molar-refractivity contribution in [3.05, 3.63) is 48.0 Å². The molecular weight excluding hydrogens is 342 g/mol. The van der Waals surface area contributed by atoms with E-state index in [4.69, 9.17) is 4.74 Å². The normalized spacial score (nSPS) is 25.0. The molecule has 2 saturated heterocycles. The smallest absolute Gasteiger partial charge is 0.191 e. The van der Waals surface area contributed by atoms with Gasteiger partial charge in [0.25, 0.3) is 0 Å². The quantitative estimate of drug-likeness (QED) is 0.464. The first-order chi connectivity index (χ1) is 12.8. The Morgan fingerprint density at radius 1 is 1.19 bits per heavy atom. The molecule has 2 aliphatic rings. The second-order valence-electron chi connectivity index (χ2n) is 7.05. The van der Waals surface area contributed by atoms with Gasteiger partial charge in [-0.2, -0.15) is 11.8 Å². The Bertz CT molecular complexity index is 773. The predicted octanol–water partition coefficient (Wildman–Crippen LogP) is 3.56. The van der Waals surface area contributed by atoms with E-state index in [0.29, 0.717) is 18.2 Å². The van der Waals surface area contributed by atoms with Crippen LogP contribution in [0.5, 0.6) is 0 Å². The number of hydrogen-bond donors (Lipinski definition) is 2. The van der Waals surface area contributed by atoms with Gasteiger partial charge >= 0.3 is 0 Å². The fraction of sp³-hybridized carbons (Fsp3) is 0.476. The molecule has 0 aliphatic carbocycles. The molecule has 5 heteroatoms. The lowest BCUT2D eigenvalue weighted by molar-refractivity contribution is 0.0992. The van der Waals surface area contributed by atoms with Gasteiger partial charge in [0.2, 0.25) is 0 Å². The van der Waals surface area contributed by atoms with Crippen LogP contribution in [0.25, 0.3) is 10.8 Å². The molecule has 0 aromatic heterocycles. The van der Waals surface area contributed by atoms with Crippen molar-refractivity contribution in [3.8, 4) is 0 Å². The highest BCUT2D eigenvalue weighted by Crippen LogP contribution is 2.34. The lowest BCUT2D eigenvalue weighted by Crippen LogP contribution is -2.47. The summed E-state index contributed by atoms with van der Waals surface area (Å²) in [5, 5.41) is 9.66. The fourth-order valence-corrected chi connectivity index (χ4v) is 4.86. The van der Waals surface area contributed by atoms with Crippen LogP contribution in [0.4, 0.5) is 0 Å². The van der Waals surface area contributed by atoms with E-state index in [9.17, 15) is 0 Å². The molecule has 4 nitrogen and oxygen atoms in total. The Morgan fingerprint density at radius 3 is 2.88 bits per heavy atom. The Morgan fingerprint density at radius 2 is 2.08 bits per heavy atom. The molecule has 26 heavy (non-hydrogen) atoms. The number of nitrogens with zero attached hydrogens (tertiary/aromatic N) is 1. The number of ether oxygens (including phenoxy) is 1.